The number of hydrogen-bond donors (Lipinski definition) is 1. The highest BCUT2D eigenvalue weighted by molar-refractivity contribution is 6.01. The van der Waals surface area contributed by atoms with Crippen LogP contribution in [0.4, 0.5) is 5.82 Å². The molecule has 0 radical (unpaired) electrons. The molecule has 1 aromatic heterocycles. The smallest absolute Gasteiger partial charge is 0.246 e. The van der Waals surface area contributed by atoms with Crippen molar-refractivity contribution in [1.29, 1.82) is 5.26 Å². The summed E-state index contributed by atoms with van der Waals surface area (Å²) in [6.45, 7) is 3.87. The van der Waals surface area contributed by atoms with E-state index < -0.39 is 0 Å². The van der Waals surface area contributed by atoms with Gasteiger partial charge in [-0.3, -0.25) is 4.79 Å². The number of carbonyl (C=O) groups excluding carboxylic acids is 1. The molecule has 2 aliphatic carbocycles. The fraction of sp³-hybridized carbons (Fsp3) is 0.424. The van der Waals surface area contributed by atoms with E-state index in [1.165, 1.54) is 12.0 Å². The molecule has 7 rings (SSSR count). The summed E-state index contributed by atoms with van der Waals surface area (Å²) < 4.78 is 0. The topological polar surface area (TPSA) is 83.7 Å². The SMILES string of the molecule is CN(C)C/C=C/C(=O)N1CC2(CCN(c3nc4c(c(-c5cc(O)cc6ccccc56)c3C#N)CCC3CC43)C2)C1. The van der Waals surface area contributed by atoms with Crippen LogP contribution in [0.3, 0.4) is 0 Å². The molecule has 2 aromatic carbocycles. The van der Waals surface area contributed by atoms with Crippen LogP contribution in [0.15, 0.2) is 48.6 Å². The maximum atomic E-state index is 12.7. The van der Waals surface area contributed by atoms with Crippen molar-refractivity contribution in [2.75, 3.05) is 51.7 Å². The van der Waals surface area contributed by atoms with Crippen LogP contribution in [0, 0.1) is 22.7 Å². The van der Waals surface area contributed by atoms with Crippen molar-refractivity contribution in [2.45, 2.75) is 31.6 Å². The molecule has 3 fully saturated rings. The Balaban J connectivity index is 1.25. The first-order valence-corrected chi connectivity index (χ1v) is 14.4. The normalized spacial score (nSPS) is 22.4. The Morgan fingerprint density at radius 3 is 2.88 bits per heavy atom. The van der Waals surface area contributed by atoms with Crippen LogP contribution in [0.25, 0.3) is 21.9 Å². The number of pyridine rings is 1. The number of aromatic hydroxyl groups is 1. The monoisotopic (exact) mass is 533 g/mol. The highest BCUT2D eigenvalue weighted by atomic mass is 16.3. The lowest BCUT2D eigenvalue weighted by Crippen LogP contribution is -2.59. The summed E-state index contributed by atoms with van der Waals surface area (Å²) in [5.74, 6) is 2.24. The van der Waals surface area contributed by atoms with Crippen molar-refractivity contribution >= 4 is 22.5 Å². The standard InChI is InChI=1S/C33H35N5O2/c1-36(2)12-5-8-29(40)38-19-33(20-38)11-13-37(18-33)32-28(17-34)30(25-10-9-22-15-26(22)31(25)35-32)27-16-23(39)14-21-6-3-4-7-24(21)27/h3-8,14,16,22,26,39H,9-13,15,18-20H2,1-2H3/b8-5+. The van der Waals surface area contributed by atoms with Gasteiger partial charge in [-0.2, -0.15) is 5.26 Å². The minimum atomic E-state index is 0.0509. The second-order valence-electron chi connectivity index (χ2n) is 12.5. The Kier molecular flexibility index (Phi) is 5.87. The minimum absolute atomic E-state index is 0.0509. The molecule has 2 aliphatic heterocycles. The number of likely N-dealkylation sites (tertiary alicyclic amines) is 1. The lowest BCUT2D eigenvalue weighted by molar-refractivity contribution is -0.136. The van der Waals surface area contributed by atoms with E-state index in [9.17, 15) is 15.2 Å². The molecule has 7 heteroatoms. The van der Waals surface area contributed by atoms with Gasteiger partial charge < -0.3 is 19.8 Å². The lowest BCUT2D eigenvalue weighted by atomic mass is 9.79. The maximum Gasteiger partial charge on any atom is 0.246 e. The van der Waals surface area contributed by atoms with E-state index in [0.717, 1.165) is 85.4 Å². The highest BCUT2D eigenvalue weighted by Gasteiger charge is 2.50. The van der Waals surface area contributed by atoms with Crippen molar-refractivity contribution in [3.63, 3.8) is 0 Å². The van der Waals surface area contributed by atoms with Gasteiger partial charge in [-0.1, -0.05) is 30.3 Å². The van der Waals surface area contributed by atoms with Crippen LogP contribution in [-0.2, 0) is 11.2 Å². The molecule has 1 N–H and O–H groups in total. The predicted molar refractivity (Wildman–Crippen MR) is 156 cm³/mol. The first-order chi connectivity index (χ1) is 19.4. The summed E-state index contributed by atoms with van der Waals surface area (Å²) in [6.07, 6.45) is 7.82. The minimum Gasteiger partial charge on any atom is -0.508 e. The highest BCUT2D eigenvalue weighted by Crippen LogP contribution is 2.57. The zero-order valence-corrected chi connectivity index (χ0v) is 23.2. The molecule has 2 atom stereocenters. The van der Waals surface area contributed by atoms with Crippen LogP contribution in [0.2, 0.25) is 0 Å². The molecular weight excluding hydrogens is 498 g/mol. The molecule has 3 aromatic rings. The second kappa shape index (κ2) is 9.35. The lowest BCUT2D eigenvalue weighted by Gasteiger charge is -2.47. The summed E-state index contributed by atoms with van der Waals surface area (Å²) in [4.78, 5) is 24.2. The average Bonchev–Trinajstić information content (AvgIpc) is 3.59. The third-order valence-electron chi connectivity index (χ3n) is 9.41. The number of nitriles is 1. The van der Waals surface area contributed by atoms with Gasteiger partial charge in [0.2, 0.25) is 5.91 Å². The van der Waals surface area contributed by atoms with Gasteiger partial charge in [0.1, 0.15) is 23.2 Å². The molecule has 1 saturated carbocycles. The van der Waals surface area contributed by atoms with Crippen molar-refractivity contribution in [1.82, 2.24) is 14.8 Å². The van der Waals surface area contributed by atoms with Crippen molar-refractivity contribution in [3.05, 3.63) is 65.4 Å². The quantitative estimate of drug-likeness (QED) is 0.480. The molecule has 2 saturated heterocycles. The molecule has 2 unspecified atom stereocenters. The Hall–Kier alpha value is -3.89. The summed E-state index contributed by atoms with van der Waals surface area (Å²) in [5.41, 5.74) is 4.89. The maximum absolute atomic E-state index is 12.7. The fourth-order valence-electron chi connectivity index (χ4n) is 7.32. The van der Waals surface area contributed by atoms with E-state index in [1.54, 1.807) is 12.1 Å². The Labute approximate surface area is 235 Å². The number of carbonyl (C=O) groups is 1. The van der Waals surface area contributed by atoms with Crippen molar-refractivity contribution in [2.24, 2.45) is 11.3 Å². The van der Waals surface area contributed by atoms with Gasteiger partial charge in [-0.15, -0.1) is 0 Å². The van der Waals surface area contributed by atoms with E-state index in [2.05, 4.69) is 17.0 Å². The van der Waals surface area contributed by atoms with Crippen molar-refractivity contribution < 1.29 is 9.90 Å². The summed E-state index contributed by atoms with van der Waals surface area (Å²) >= 11 is 0. The first-order valence-electron chi connectivity index (χ1n) is 14.4. The van der Waals surface area contributed by atoms with Crippen LogP contribution < -0.4 is 4.90 Å². The average molecular weight is 534 g/mol. The largest absolute Gasteiger partial charge is 0.508 e. The van der Waals surface area contributed by atoms with Crippen LogP contribution >= 0.6 is 0 Å². The third kappa shape index (κ3) is 4.13. The van der Waals surface area contributed by atoms with Gasteiger partial charge in [0.15, 0.2) is 0 Å². The Morgan fingerprint density at radius 1 is 1.25 bits per heavy atom. The number of phenols is 1. The molecule has 4 aliphatic rings. The van der Waals surface area contributed by atoms with E-state index in [1.807, 2.05) is 54.2 Å². The number of phenolic OH excluding ortho intramolecular Hbond substituents is 1. The van der Waals surface area contributed by atoms with Crippen LogP contribution in [0.5, 0.6) is 5.75 Å². The van der Waals surface area contributed by atoms with Gasteiger partial charge in [0.05, 0.1) is 5.69 Å². The van der Waals surface area contributed by atoms with E-state index in [4.69, 9.17) is 4.98 Å². The number of likely N-dealkylation sites (N-methyl/N-ethyl adjacent to an activating group) is 1. The molecule has 7 nitrogen and oxygen atoms in total. The van der Waals surface area contributed by atoms with Gasteiger partial charge in [0.25, 0.3) is 0 Å². The van der Waals surface area contributed by atoms with Crippen LogP contribution in [0.1, 0.15) is 42.0 Å². The number of amides is 1. The molecule has 40 heavy (non-hydrogen) atoms. The molecule has 3 heterocycles. The molecular formula is C33H35N5O2. The van der Waals surface area contributed by atoms with E-state index in [-0.39, 0.29) is 17.1 Å². The first kappa shape index (κ1) is 25.1. The molecule has 204 valence electrons. The number of aromatic nitrogens is 1. The molecule has 0 bridgehead atoms. The van der Waals surface area contributed by atoms with Crippen molar-refractivity contribution in [3.8, 4) is 22.9 Å². The van der Waals surface area contributed by atoms with E-state index in [0.29, 0.717) is 17.4 Å². The second-order valence-corrected chi connectivity index (χ2v) is 12.5. The summed E-state index contributed by atoms with van der Waals surface area (Å²) in [7, 11) is 3.98. The number of anilines is 1. The number of fused-ring (bicyclic) bond motifs is 4. The van der Waals surface area contributed by atoms with Gasteiger partial charge in [-0.05, 0) is 79.7 Å². The zero-order valence-electron chi connectivity index (χ0n) is 23.2. The van der Waals surface area contributed by atoms with Gasteiger partial charge in [0, 0.05) is 55.7 Å². The van der Waals surface area contributed by atoms with Gasteiger partial charge >= 0.3 is 0 Å². The zero-order chi connectivity index (χ0) is 27.6. The summed E-state index contributed by atoms with van der Waals surface area (Å²) in [6, 6.07) is 14.3. The third-order valence-corrected chi connectivity index (χ3v) is 9.41. The van der Waals surface area contributed by atoms with Gasteiger partial charge in [-0.25, -0.2) is 4.98 Å². The molecule has 1 spiro atoms. The number of nitrogens with zero attached hydrogens (tertiary/aromatic N) is 5. The number of benzene rings is 2. The Morgan fingerprint density at radius 2 is 2.08 bits per heavy atom. The number of rotatable bonds is 5. The molecule has 1 amide bonds. The summed E-state index contributed by atoms with van der Waals surface area (Å²) in [5, 5.41) is 23.3. The van der Waals surface area contributed by atoms with E-state index >= 15 is 0 Å². The Bertz CT molecular complexity index is 1600. The fourth-order valence-corrected chi connectivity index (χ4v) is 7.32. The van der Waals surface area contributed by atoms with Crippen LogP contribution in [-0.4, -0.2) is 72.6 Å². The number of hydrogen-bond acceptors (Lipinski definition) is 6. The predicted octanol–water partition coefficient (Wildman–Crippen LogP) is 4.69.